The van der Waals surface area contributed by atoms with Crippen molar-refractivity contribution in [2.45, 2.75) is 13.0 Å². The fourth-order valence-corrected chi connectivity index (χ4v) is 4.68. The van der Waals surface area contributed by atoms with E-state index in [0.29, 0.717) is 28.9 Å². The number of nitrogens with zero attached hydrogens (tertiary/aromatic N) is 2. The summed E-state index contributed by atoms with van der Waals surface area (Å²) in [5.74, 6) is 2.16. The molecule has 0 aliphatic rings. The molecule has 176 valence electrons. The van der Waals surface area contributed by atoms with Crippen molar-refractivity contribution in [2.75, 3.05) is 33.3 Å². The van der Waals surface area contributed by atoms with Gasteiger partial charge in [0.15, 0.2) is 16.6 Å². The van der Waals surface area contributed by atoms with Gasteiger partial charge in [0.05, 0.1) is 51.6 Å². The second-order valence-electron chi connectivity index (χ2n) is 7.51. The highest BCUT2D eigenvalue weighted by atomic mass is 32.1. The van der Waals surface area contributed by atoms with Gasteiger partial charge in [-0.2, -0.15) is 0 Å². The molecule has 7 nitrogen and oxygen atoms in total. The largest absolute Gasteiger partial charge is 0.497 e. The fourth-order valence-electron chi connectivity index (χ4n) is 3.67. The number of carbonyl (C=O) groups is 1. The van der Waals surface area contributed by atoms with Crippen LogP contribution in [0.15, 0.2) is 60.7 Å². The van der Waals surface area contributed by atoms with E-state index in [2.05, 4.69) is 0 Å². The Morgan fingerprint density at radius 2 is 1.56 bits per heavy atom. The molecule has 0 N–H and O–H groups in total. The number of aromatic nitrogens is 1. The third kappa shape index (κ3) is 4.92. The molecular weight excluding hydrogens is 452 g/mol. The van der Waals surface area contributed by atoms with Crippen LogP contribution in [0, 0.1) is 0 Å². The molecule has 0 fully saturated rings. The molecule has 0 saturated heterocycles. The Balaban J connectivity index is 1.70. The van der Waals surface area contributed by atoms with E-state index < -0.39 is 0 Å². The first-order valence-electron chi connectivity index (χ1n) is 10.6. The number of hydrogen-bond donors (Lipinski definition) is 0. The summed E-state index contributed by atoms with van der Waals surface area (Å²) in [4.78, 5) is 20.1. The minimum absolute atomic E-state index is 0.0934. The first-order valence-corrected chi connectivity index (χ1v) is 11.5. The number of thiazole rings is 1. The van der Waals surface area contributed by atoms with Crippen LogP contribution in [0.5, 0.6) is 23.0 Å². The molecule has 0 spiro atoms. The van der Waals surface area contributed by atoms with Gasteiger partial charge in [-0.05, 0) is 41.5 Å². The van der Waals surface area contributed by atoms with Gasteiger partial charge >= 0.3 is 0 Å². The molecular formula is C26H26N2O5S. The minimum atomic E-state index is -0.0934. The normalized spacial score (nSPS) is 10.7. The summed E-state index contributed by atoms with van der Waals surface area (Å²) >= 11 is 1.46. The number of amides is 1. The lowest BCUT2D eigenvalue weighted by Crippen LogP contribution is -2.31. The molecule has 34 heavy (non-hydrogen) atoms. The molecule has 8 heteroatoms. The van der Waals surface area contributed by atoms with Gasteiger partial charge in [-0.25, -0.2) is 4.98 Å². The van der Waals surface area contributed by atoms with Crippen LogP contribution in [0.25, 0.3) is 10.2 Å². The summed E-state index contributed by atoms with van der Waals surface area (Å²) in [5.41, 5.74) is 2.58. The summed E-state index contributed by atoms with van der Waals surface area (Å²) in [6.45, 7) is 0.404. The van der Waals surface area contributed by atoms with Crippen LogP contribution in [-0.2, 0) is 17.8 Å². The summed E-state index contributed by atoms with van der Waals surface area (Å²) in [5, 5.41) is 0.629. The van der Waals surface area contributed by atoms with Crippen LogP contribution in [0.3, 0.4) is 0 Å². The summed E-state index contributed by atoms with van der Waals surface area (Å²) in [6.07, 6.45) is 0.142. The van der Waals surface area contributed by atoms with E-state index in [0.717, 1.165) is 27.1 Å². The molecule has 0 saturated carbocycles. The van der Waals surface area contributed by atoms with Crippen molar-refractivity contribution in [1.82, 2.24) is 4.98 Å². The second kappa shape index (κ2) is 10.4. The lowest BCUT2D eigenvalue weighted by Gasteiger charge is -2.21. The van der Waals surface area contributed by atoms with Crippen molar-refractivity contribution < 1.29 is 23.7 Å². The maximum Gasteiger partial charge on any atom is 0.233 e. The lowest BCUT2D eigenvalue weighted by atomic mass is 10.1. The van der Waals surface area contributed by atoms with E-state index in [-0.39, 0.29) is 12.3 Å². The molecule has 3 aromatic carbocycles. The van der Waals surface area contributed by atoms with Gasteiger partial charge in [-0.3, -0.25) is 9.69 Å². The third-order valence-corrected chi connectivity index (χ3v) is 6.42. The summed E-state index contributed by atoms with van der Waals surface area (Å²) in [7, 11) is 6.29. The van der Waals surface area contributed by atoms with Gasteiger partial charge in [0, 0.05) is 0 Å². The maximum absolute atomic E-state index is 13.6. The quantitative estimate of drug-likeness (QED) is 0.333. The number of hydrogen-bond acceptors (Lipinski definition) is 7. The lowest BCUT2D eigenvalue weighted by molar-refractivity contribution is -0.118. The SMILES string of the molecule is COc1ccc2nc(N(Cc3ccccc3)C(=O)Cc3cc(OC)c(OC)c(OC)c3)sc2c1. The highest BCUT2D eigenvalue weighted by Crippen LogP contribution is 2.39. The predicted molar refractivity (Wildman–Crippen MR) is 134 cm³/mol. The van der Waals surface area contributed by atoms with Crippen molar-refractivity contribution in [3.63, 3.8) is 0 Å². The van der Waals surface area contributed by atoms with E-state index in [1.807, 2.05) is 48.5 Å². The monoisotopic (exact) mass is 478 g/mol. The number of carbonyl (C=O) groups excluding carboxylic acids is 1. The van der Waals surface area contributed by atoms with Crippen molar-refractivity contribution in [3.05, 3.63) is 71.8 Å². The summed E-state index contributed by atoms with van der Waals surface area (Å²) < 4.78 is 22.6. The average Bonchev–Trinajstić information content (AvgIpc) is 3.30. The Hall–Kier alpha value is -3.78. The van der Waals surface area contributed by atoms with E-state index in [4.69, 9.17) is 23.9 Å². The van der Waals surface area contributed by atoms with Gasteiger partial charge in [0.2, 0.25) is 11.7 Å². The van der Waals surface area contributed by atoms with Crippen molar-refractivity contribution in [1.29, 1.82) is 0 Å². The molecule has 0 atom stereocenters. The molecule has 0 bridgehead atoms. The fraction of sp³-hybridized carbons (Fsp3) is 0.231. The molecule has 0 unspecified atom stereocenters. The number of rotatable bonds is 9. The molecule has 0 radical (unpaired) electrons. The average molecular weight is 479 g/mol. The van der Waals surface area contributed by atoms with Crippen molar-refractivity contribution >= 4 is 32.6 Å². The van der Waals surface area contributed by atoms with E-state index in [1.54, 1.807) is 45.5 Å². The van der Waals surface area contributed by atoms with E-state index in [9.17, 15) is 4.79 Å². The zero-order valence-corrected chi connectivity index (χ0v) is 20.3. The molecule has 1 heterocycles. The zero-order valence-electron chi connectivity index (χ0n) is 19.5. The first-order chi connectivity index (χ1) is 16.6. The highest BCUT2D eigenvalue weighted by molar-refractivity contribution is 7.22. The number of ether oxygens (including phenoxy) is 4. The molecule has 4 aromatic rings. The smallest absolute Gasteiger partial charge is 0.233 e. The van der Waals surface area contributed by atoms with Crippen molar-refractivity contribution in [3.8, 4) is 23.0 Å². The van der Waals surface area contributed by atoms with Crippen LogP contribution in [0.2, 0.25) is 0 Å². The van der Waals surface area contributed by atoms with Gasteiger partial charge in [0.25, 0.3) is 0 Å². The van der Waals surface area contributed by atoms with E-state index in [1.165, 1.54) is 11.3 Å². The predicted octanol–water partition coefficient (Wildman–Crippen LogP) is 5.11. The molecule has 0 aliphatic carbocycles. The number of anilines is 1. The van der Waals surface area contributed by atoms with E-state index >= 15 is 0 Å². The number of benzene rings is 3. The number of fused-ring (bicyclic) bond motifs is 1. The topological polar surface area (TPSA) is 70.1 Å². The Bertz CT molecular complexity index is 1260. The van der Waals surface area contributed by atoms with Gasteiger partial charge < -0.3 is 18.9 Å². The van der Waals surface area contributed by atoms with Crippen LogP contribution in [0.4, 0.5) is 5.13 Å². The third-order valence-electron chi connectivity index (χ3n) is 5.38. The standard InChI is InChI=1S/C26H26N2O5S/c1-30-19-10-11-20-23(15-19)34-26(27-20)28(16-17-8-6-5-7-9-17)24(29)14-18-12-21(31-2)25(33-4)22(13-18)32-3/h5-13,15H,14,16H2,1-4H3. The Labute approximate surface area is 202 Å². The Morgan fingerprint density at radius 3 is 2.18 bits per heavy atom. The minimum Gasteiger partial charge on any atom is -0.497 e. The van der Waals surface area contributed by atoms with Crippen LogP contribution < -0.4 is 23.8 Å². The Kier molecular flexibility index (Phi) is 7.18. The van der Waals surface area contributed by atoms with Crippen LogP contribution in [-0.4, -0.2) is 39.3 Å². The molecule has 1 aromatic heterocycles. The summed E-state index contributed by atoms with van der Waals surface area (Å²) in [6, 6.07) is 19.2. The maximum atomic E-state index is 13.6. The van der Waals surface area contributed by atoms with Gasteiger partial charge in [-0.15, -0.1) is 0 Å². The Morgan fingerprint density at radius 1 is 0.853 bits per heavy atom. The molecule has 4 rings (SSSR count). The second-order valence-corrected chi connectivity index (χ2v) is 8.52. The van der Waals surface area contributed by atoms with Crippen LogP contribution >= 0.6 is 11.3 Å². The zero-order chi connectivity index (χ0) is 24.1. The van der Waals surface area contributed by atoms with Gasteiger partial charge in [0.1, 0.15) is 5.75 Å². The molecule has 0 aliphatic heterocycles. The van der Waals surface area contributed by atoms with Gasteiger partial charge in [-0.1, -0.05) is 41.7 Å². The van der Waals surface area contributed by atoms with Crippen molar-refractivity contribution in [2.24, 2.45) is 0 Å². The number of methoxy groups -OCH3 is 4. The highest BCUT2D eigenvalue weighted by Gasteiger charge is 2.22. The first kappa shape index (κ1) is 23.4. The molecule has 1 amide bonds. The van der Waals surface area contributed by atoms with Crippen LogP contribution in [0.1, 0.15) is 11.1 Å².